The van der Waals surface area contributed by atoms with Crippen molar-refractivity contribution in [2.24, 2.45) is 0 Å². The van der Waals surface area contributed by atoms with Crippen molar-refractivity contribution in [3.63, 3.8) is 0 Å². The number of hydrogen-bond donors (Lipinski definition) is 2. The molecule has 2 N–H and O–H groups in total. The van der Waals surface area contributed by atoms with Gasteiger partial charge in [-0.2, -0.15) is 5.26 Å². The highest BCUT2D eigenvalue weighted by atomic mass is 32.2. The number of nitrogens with zero attached hydrogens (tertiary/aromatic N) is 1. The smallest absolute Gasteiger partial charge is 0.261 e. The standard InChI is InChI=1S/C21H23N3O3S/c1-16-7-3-4-8-19(16)24-28(26,27)18-11-9-17(10-12-18)20(25)23-21(15-22)13-5-2-6-14-21/h3-4,7-12,24H,2,5-6,13-14H2,1H3,(H,23,25). The van der Waals surface area contributed by atoms with Crippen LogP contribution in [0.2, 0.25) is 0 Å². The molecule has 1 amide bonds. The van der Waals surface area contributed by atoms with Crippen LogP contribution in [0.1, 0.15) is 48.0 Å². The molecule has 1 aliphatic carbocycles. The number of sulfonamides is 1. The van der Waals surface area contributed by atoms with Gasteiger partial charge in [-0.1, -0.05) is 37.5 Å². The van der Waals surface area contributed by atoms with E-state index in [9.17, 15) is 18.5 Å². The minimum Gasteiger partial charge on any atom is -0.334 e. The predicted octanol–water partition coefficient (Wildman–Crippen LogP) is 3.75. The van der Waals surface area contributed by atoms with Crippen LogP contribution in [0.5, 0.6) is 0 Å². The van der Waals surface area contributed by atoms with E-state index in [1.165, 1.54) is 24.3 Å². The van der Waals surface area contributed by atoms with Crippen molar-refractivity contribution in [3.8, 4) is 6.07 Å². The van der Waals surface area contributed by atoms with Crippen molar-refractivity contribution < 1.29 is 13.2 Å². The fourth-order valence-corrected chi connectivity index (χ4v) is 4.52. The Balaban J connectivity index is 1.75. The maximum Gasteiger partial charge on any atom is 0.261 e. The van der Waals surface area contributed by atoms with Crippen LogP contribution >= 0.6 is 0 Å². The lowest BCUT2D eigenvalue weighted by atomic mass is 9.82. The molecule has 7 heteroatoms. The maximum atomic E-state index is 12.6. The second-order valence-electron chi connectivity index (χ2n) is 7.15. The van der Waals surface area contributed by atoms with Gasteiger partial charge in [-0.25, -0.2) is 8.42 Å². The van der Waals surface area contributed by atoms with E-state index in [0.29, 0.717) is 24.1 Å². The molecule has 0 bridgehead atoms. The first-order chi connectivity index (χ1) is 13.4. The second-order valence-corrected chi connectivity index (χ2v) is 8.84. The SMILES string of the molecule is Cc1ccccc1NS(=O)(=O)c1ccc(C(=O)NC2(C#N)CCCCC2)cc1. The van der Waals surface area contributed by atoms with Crippen molar-refractivity contribution in [3.05, 3.63) is 59.7 Å². The van der Waals surface area contributed by atoms with Crippen molar-refractivity contribution in [2.75, 3.05) is 4.72 Å². The Morgan fingerprint density at radius 3 is 2.29 bits per heavy atom. The van der Waals surface area contributed by atoms with Gasteiger partial charge in [0.1, 0.15) is 5.54 Å². The zero-order valence-corrected chi connectivity index (χ0v) is 16.6. The summed E-state index contributed by atoms with van der Waals surface area (Å²) in [7, 11) is -3.76. The topological polar surface area (TPSA) is 99.1 Å². The van der Waals surface area contributed by atoms with Crippen LogP contribution < -0.4 is 10.0 Å². The number of para-hydroxylation sites is 1. The Labute approximate surface area is 165 Å². The summed E-state index contributed by atoms with van der Waals surface area (Å²) >= 11 is 0. The normalized spacial score (nSPS) is 16.0. The van der Waals surface area contributed by atoms with E-state index in [2.05, 4.69) is 16.1 Å². The van der Waals surface area contributed by atoms with Gasteiger partial charge in [0.15, 0.2) is 0 Å². The van der Waals surface area contributed by atoms with Crippen LogP contribution in [0.15, 0.2) is 53.4 Å². The second kappa shape index (κ2) is 8.03. The number of amides is 1. The van der Waals surface area contributed by atoms with Crippen LogP contribution in [0.4, 0.5) is 5.69 Å². The van der Waals surface area contributed by atoms with E-state index in [-0.39, 0.29) is 10.8 Å². The van der Waals surface area contributed by atoms with E-state index in [0.717, 1.165) is 24.8 Å². The molecule has 0 aromatic heterocycles. The Kier molecular flexibility index (Phi) is 5.71. The number of nitriles is 1. The van der Waals surface area contributed by atoms with Crippen molar-refractivity contribution in [2.45, 2.75) is 49.5 Å². The third kappa shape index (κ3) is 4.34. The predicted molar refractivity (Wildman–Crippen MR) is 107 cm³/mol. The molecule has 146 valence electrons. The fourth-order valence-electron chi connectivity index (χ4n) is 3.39. The van der Waals surface area contributed by atoms with Gasteiger partial charge in [-0.3, -0.25) is 9.52 Å². The first kappa shape index (κ1) is 19.9. The van der Waals surface area contributed by atoms with Gasteiger partial charge in [-0.15, -0.1) is 0 Å². The summed E-state index contributed by atoms with van der Waals surface area (Å²) in [6.45, 7) is 1.82. The van der Waals surface area contributed by atoms with Gasteiger partial charge in [0.05, 0.1) is 16.7 Å². The first-order valence-corrected chi connectivity index (χ1v) is 10.8. The Morgan fingerprint density at radius 2 is 1.68 bits per heavy atom. The molecule has 0 aliphatic heterocycles. The number of carbonyl (C=O) groups is 1. The van der Waals surface area contributed by atoms with Gasteiger partial charge >= 0.3 is 0 Å². The monoisotopic (exact) mass is 397 g/mol. The molecular weight excluding hydrogens is 374 g/mol. The van der Waals surface area contributed by atoms with Crippen LogP contribution in [0, 0.1) is 18.3 Å². The number of benzene rings is 2. The summed E-state index contributed by atoms with van der Waals surface area (Å²) in [5.74, 6) is -0.362. The molecule has 0 radical (unpaired) electrons. The van der Waals surface area contributed by atoms with Crippen LogP contribution in [0.25, 0.3) is 0 Å². The Morgan fingerprint density at radius 1 is 1.04 bits per heavy atom. The highest BCUT2D eigenvalue weighted by molar-refractivity contribution is 7.92. The third-order valence-corrected chi connectivity index (χ3v) is 6.47. The molecule has 28 heavy (non-hydrogen) atoms. The summed E-state index contributed by atoms with van der Waals surface area (Å²) in [6.07, 6.45) is 4.18. The maximum absolute atomic E-state index is 12.6. The highest BCUT2D eigenvalue weighted by Gasteiger charge is 2.33. The number of aryl methyl sites for hydroxylation is 1. The number of nitrogens with one attached hydrogen (secondary N) is 2. The molecule has 0 atom stereocenters. The summed E-state index contributed by atoms with van der Waals surface area (Å²) in [5.41, 5.74) is 0.830. The van der Waals surface area contributed by atoms with E-state index in [4.69, 9.17) is 0 Å². The van der Waals surface area contributed by atoms with Gasteiger partial charge < -0.3 is 5.32 Å². The molecule has 2 aromatic carbocycles. The highest BCUT2D eigenvalue weighted by Crippen LogP contribution is 2.28. The molecule has 0 heterocycles. The summed E-state index contributed by atoms with van der Waals surface area (Å²) in [6, 6.07) is 15.1. The summed E-state index contributed by atoms with van der Waals surface area (Å²) < 4.78 is 27.7. The molecular formula is C21H23N3O3S. The molecule has 1 saturated carbocycles. The Hall–Kier alpha value is -2.85. The van der Waals surface area contributed by atoms with Crippen LogP contribution in [-0.4, -0.2) is 19.9 Å². The quantitative estimate of drug-likeness (QED) is 0.802. The van der Waals surface area contributed by atoms with E-state index >= 15 is 0 Å². The number of carbonyl (C=O) groups excluding carboxylic acids is 1. The fraction of sp³-hybridized carbons (Fsp3) is 0.333. The van der Waals surface area contributed by atoms with E-state index in [1.807, 2.05) is 19.1 Å². The molecule has 3 rings (SSSR count). The lowest BCUT2D eigenvalue weighted by Gasteiger charge is -2.31. The van der Waals surface area contributed by atoms with E-state index in [1.54, 1.807) is 12.1 Å². The number of anilines is 1. The number of rotatable bonds is 5. The molecule has 0 spiro atoms. The van der Waals surface area contributed by atoms with Gasteiger partial charge in [0.2, 0.25) is 0 Å². The zero-order valence-electron chi connectivity index (χ0n) is 15.7. The van der Waals surface area contributed by atoms with Crippen molar-refractivity contribution in [1.82, 2.24) is 5.32 Å². The van der Waals surface area contributed by atoms with E-state index < -0.39 is 15.6 Å². The average Bonchev–Trinajstić information content (AvgIpc) is 2.70. The first-order valence-electron chi connectivity index (χ1n) is 9.28. The molecule has 1 fully saturated rings. The molecule has 1 aliphatic rings. The van der Waals surface area contributed by atoms with Crippen LogP contribution in [0.3, 0.4) is 0 Å². The minimum absolute atomic E-state index is 0.0694. The van der Waals surface area contributed by atoms with Crippen molar-refractivity contribution in [1.29, 1.82) is 5.26 Å². The molecule has 2 aromatic rings. The molecule has 0 unspecified atom stereocenters. The lowest BCUT2D eigenvalue weighted by molar-refractivity contribution is 0.0902. The van der Waals surface area contributed by atoms with Gasteiger partial charge in [-0.05, 0) is 55.7 Å². The summed E-state index contributed by atoms with van der Waals surface area (Å²) in [5, 5.41) is 12.3. The van der Waals surface area contributed by atoms with Crippen molar-refractivity contribution >= 4 is 21.6 Å². The summed E-state index contributed by atoms with van der Waals surface area (Å²) in [4.78, 5) is 12.6. The number of hydrogen-bond acceptors (Lipinski definition) is 4. The largest absolute Gasteiger partial charge is 0.334 e. The van der Waals surface area contributed by atoms with Gasteiger partial charge in [0.25, 0.3) is 15.9 Å². The van der Waals surface area contributed by atoms with Gasteiger partial charge in [0, 0.05) is 5.56 Å². The lowest BCUT2D eigenvalue weighted by Crippen LogP contribution is -2.48. The Bertz CT molecular complexity index is 1000. The average molecular weight is 398 g/mol. The van der Waals surface area contributed by atoms with Crippen LogP contribution in [-0.2, 0) is 10.0 Å². The minimum atomic E-state index is -3.76. The molecule has 6 nitrogen and oxygen atoms in total. The third-order valence-electron chi connectivity index (χ3n) is 5.09. The molecule has 0 saturated heterocycles. The zero-order chi connectivity index (χ0) is 20.2.